The fraction of sp³-hybridized carbons (Fsp3) is 0.238. The summed E-state index contributed by atoms with van der Waals surface area (Å²) < 4.78 is 1.69. The van der Waals surface area contributed by atoms with Crippen molar-refractivity contribution in [1.29, 1.82) is 0 Å². The van der Waals surface area contributed by atoms with Crippen LogP contribution in [0, 0.1) is 13.8 Å². The molecule has 0 spiro atoms. The number of nitrogens with one attached hydrogen (secondary N) is 2. The first-order valence-corrected chi connectivity index (χ1v) is 11.1. The standard InChI is InChI=1S/C21H21Cl2N5O2S/c1-12-7-8-14(9-13(12)2)24-19(30)11-31-21-27-26-17(28(21)3)10-18(29)25-16-6-4-5-15(22)20(16)23/h4-9H,10-11H2,1-3H3,(H,24,30)(H,25,29). The highest BCUT2D eigenvalue weighted by Gasteiger charge is 2.16. The zero-order valence-corrected chi connectivity index (χ0v) is 19.5. The summed E-state index contributed by atoms with van der Waals surface area (Å²) in [5.41, 5.74) is 3.46. The number of carbonyl (C=O) groups excluding carboxylic acids is 2. The maximum atomic E-state index is 12.4. The van der Waals surface area contributed by atoms with E-state index in [1.807, 2.05) is 32.0 Å². The van der Waals surface area contributed by atoms with Crippen molar-refractivity contribution in [1.82, 2.24) is 14.8 Å². The van der Waals surface area contributed by atoms with Crippen LogP contribution in [0.15, 0.2) is 41.6 Å². The Labute approximate surface area is 194 Å². The topological polar surface area (TPSA) is 88.9 Å². The van der Waals surface area contributed by atoms with Crippen molar-refractivity contribution < 1.29 is 9.59 Å². The summed E-state index contributed by atoms with van der Waals surface area (Å²) in [5.74, 6) is 0.186. The number of hydrogen-bond donors (Lipinski definition) is 2. The number of hydrogen-bond acceptors (Lipinski definition) is 5. The van der Waals surface area contributed by atoms with Crippen LogP contribution in [0.1, 0.15) is 17.0 Å². The molecule has 0 aliphatic rings. The molecule has 0 unspecified atom stereocenters. The van der Waals surface area contributed by atoms with Crippen LogP contribution in [-0.4, -0.2) is 32.3 Å². The molecule has 3 rings (SSSR count). The Hall–Kier alpha value is -2.55. The summed E-state index contributed by atoms with van der Waals surface area (Å²) in [6, 6.07) is 10.8. The minimum Gasteiger partial charge on any atom is -0.325 e. The van der Waals surface area contributed by atoms with Gasteiger partial charge in [0.05, 0.1) is 27.9 Å². The Bertz CT molecular complexity index is 1130. The lowest BCUT2D eigenvalue weighted by Gasteiger charge is -2.09. The molecule has 0 fully saturated rings. The lowest BCUT2D eigenvalue weighted by molar-refractivity contribution is -0.116. The molecular formula is C21H21Cl2N5O2S. The predicted octanol–water partition coefficient (Wildman–Crippen LogP) is 4.65. The third-order valence-electron chi connectivity index (χ3n) is 4.59. The Kier molecular flexibility index (Phi) is 7.59. The van der Waals surface area contributed by atoms with Crippen LogP contribution in [-0.2, 0) is 23.1 Å². The third-order valence-corrected chi connectivity index (χ3v) is 6.43. The molecule has 0 aliphatic heterocycles. The third kappa shape index (κ3) is 6.00. The Morgan fingerprint density at radius 1 is 1.03 bits per heavy atom. The lowest BCUT2D eigenvalue weighted by atomic mass is 10.1. The average Bonchev–Trinajstić information content (AvgIpc) is 3.06. The van der Waals surface area contributed by atoms with Gasteiger partial charge in [0.25, 0.3) is 0 Å². The summed E-state index contributed by atoms with van der Waals surface area (Å²) in [6.45, 7) is 4.02. The fourth-order valence-corrected chi connectivity index (χ4v) is 3.79. The van der Waals surface area contributed by atoms with Gasteiger partial charge in [0, 0.05) is 12.7 Å². The number of nitrogens with zero attached hydrogens (tertiary/aromatic N) is 3. The number of anilines is 2. The summed E-state index contributed by atoms with van der Waals surface area (Å²) in [6.07, 6.45) is 0.00173. The first kappa shape index (κ1) is 23.1. The highest BCUT2D eigenvalue weighted by molar-refractivity contribution is 7.99. The van der Waals surface area contributed by atoms with Gasteiger partial charge in [0.1, 0.15) is 5.82 Å². The first-order valence-electron chi connectivity index (χ1n) is 9.36. The minimum atomic E-state index is -0.302. The smallest absolute Gasteiger partial charge is 0.234 e. The normalized spacial score (nSPS) is 10.7. The molecule has 2 aromatic carbocycles. The molecule has 2 N–H and O–H groups in total. The van der Waals surface area contributed by atoms with Crippen molar-refractivity contribution in [3.63, 3.8) is 0 Å². The summed E-state index contributed by atoms with van der Waals surface area (Å²) >= 11 is 13.3. The number of benzene rings is 2. The molecule has 0 atom stereocenters. The van der Waals surface area contributed by atoms with Crippen molar-refractivity contribution in [2.24, 2.45) is 7.05 Å². The van der Waals surface area contributed by atoms with Gasteiger partial charge in [-0.25, -0.2) is 0 Å². The average molecular weight is 478 g/mol. The number of thioether (sulfide) groups is 1. The number of carbonyl (C=O) groups is 2. The van der Waals surface area contributed by atoms with E-state index >= 15 is 0 Å². The van der Waals surface area contributed by atoms with E-state index in [9.17, 15) is 9.59 Å². The van der Waals surface area contributed by atoms with Crippen molar-refractivity contribution in [2.75, 3.05) is 16.4 Å². The Morgan fingerprint density at radius 2 is 1.81 bits per heavy atom. The van der Waals surface area contributed by atoms with Gasteiger partial charge in [-0.3, -0.25) is 9.59 Å². The molecule has 162 valence electrons. The van der Waals surface area contributed by atoms with Crippen molar-refractivity contribution >= 4 is 58.2 Å². The van der Waals surface area contributed by atoms with E-state index < -0.39 is 0 Å². The monoisotopic (exact) mass is 477 g/mol. The molecule has 0 bridgehead atoms. The van der Waals surface area contributed by atoms with Gasteiger partial charge in [-0.1, -0.05) is 47.1 Å². The molecule has 10 heteroatoms. The van der Waals surface area contributed by atoms with Crippen molar-refractivity contribution in [2.45, 2.75) is 25.4 Å². The van der Waals surface area contributed by atoms with Gasteiger partial charge < -0.3 is 15.2 Å². The molecule has 0 saturated carbocycles. The zero-order valence-electron chi connectivity index (χ0n) is 17.2. The van der Waals surface area contributed by atoms with Gasteiger partial charge in [0.15, 0.2) is 5.16 Å². The van der Waals surface area contributed by atoms with Gasteiger partial charge in [-0.05, 0) is 49.2 Å². The number of halogens is 2. The van der Waals surface area contributed by atoms with Gasteiger partial charge in [-0.15, -0.1) is 10.2 Å². The summed E-state index contributed by atoms with van der Waals surface area (Å²) in [7, 11) is 1.75. The predicted molar refractivity (Wildman–Crippen MR) is 125 cm³/mol. The van der Waals surface area contributed by atoms with E-state index in [1.54, 1.807) is 29.8 Å². The maximum Gasteiger partial charge on any atom is 0.234 e. The molecule has 3 aromatic rings. The second kappa shape index (κ2) is 10.2. The quantitative estimate of drug-likeness (QED) is 0.483. The van der Waals surface area contributed by atoms with Crippen LogP contribution < -0.4 is 10.6 Å². The van der Waals surface area contributed by atoms with E-state index in [4.69, 9.17) is 23.2 Å². The summed E-state index contributed by atoms with van der Waals surface area (Å²) in [5, 5.41) is 14.9. The molecule has 2 amide bonds. The number of aryl methyl sites for hydroxylation is 2. The fourth-order valence-electron chi connectivity index (χ4n) is 2.71. The minimum absolute atomic E-state index is 0.00173. The van der Waals surface area contributed by atoms with Crippen LogP contribution in [0.4, 0.5) is 11.4 Å². The SMILES string of the molecule is Cc1ccc(NC(=O)CSc2nnc(CC(=O)Nc3cccc(Cl)c3Cl)n2C)cc1C. The van der Waals surface area contributed by atoms with E-state index in [1.165, 1.54) is 17.3 Å². The largest absolute Gasteiger partial charge is 0.325 e. The van der Waals surface area contributed by atoms with E-state index in [0.29, 0.717) is 21.7 Å². The van der Waals surface area contributed by atoms with Crippen LogP contribution in [0.3, 0.4) is 0 Å². The molecule has 31 heavy (non-hydrogen) atoms. The molecule has 1 aromatic heterocycles. The maximum absolute atomic E-state index is 12.4. The van der Waals surface area contributed by atoms with Crippen molar-refractivity contribution in [3.05, 3.63) is 63.4 Å². The molecule has 0 saturated heterocycles. The number of amides is 2. The van der Waals surface area contributed by atoms with Crippen molar-refractivity contribution in [3.8, 4) is 0 Å². The van der Waals surface area contributed by atoms with Crippen LogP contribution in [0.5, 0.6) is 0 Å². The van der Waals surface area contributed by atoms with E-state index in [-0.39, 0.29) is 29.0 Å². The first-order chi connectivity index (χ1) is 14.7. The Balaban J connectivity index is 1.55. The van der Waals surface area contributed by atoms with Gasteiger partial charge in [0.2, 0.25) is 11.8 Å². The Morgan fingerprint density at radius 3 is 2.55 bits per heavy atom. The van der Waals surface area contributed by atoms with Gasteiger partial charge >= 0.3 is 0 Å². The van der Waals surface area contributed by atoms with Crippen LogP contribution in [0.2, 0.25) is 10.0 Å². The second-order valence-corrected chi connectivity index (χ2v) is 8.65. The van der Waals surface area contributed by atoms with E-state index in [0.717, 1.165) is 11.3 Å². The zero-order chi connectivity index (χ0) is 22.5. The highest BCUT2D eigenvalue weighted by Crippen LogP contribution is 2.29. The van der Waals surface area contributed by atoms with Crippen LogP contribution >= 0.6 is 35.0 Å². The highest BCUT2D eigenvalue weighted by atomic mass is 35.5. The number of aromatic nitrogens is 3. The molecule has 1 heterocycles. The molecular weight excluding hydrogens is 457 g/mol. The van der Waals surface area contributed by atoms with E-state index in [2.05, 4.69) is 20.8 Å². The lowest BCUT2D eigenvalue weighted by Crippen LogP contribution is -2.17. The summed E-state index contributed by atoms with van der Waals surface area (Å²) in [4.78, 5) is 24.6. The van der Waals surface area contributed by atoms with Gasteiger partial charge in [-0.2, -0.15) is 0 Å². The second-order valence-electron chi connectivity index (χ2n) is 6.92. The molecule has 7 nitrogen and oxygen atoms in total. The number of rotatable bonds is 7. The van der Waals surface area contributed by atoms with Crippen LogP contribution in [0.25, 0.3) is 0 Å². The molecule has 0 aliphatic carbocycles. The molecule has 0 radical (unpaired) electrons.